The first-order valence-corrected chi connectivity index (χ1v) is 11.0. The lowest BCUT2D eigenvalue weighted by Gasteiger charge is -2.13. The molecule has 3 N–H and O–H groups in total. The van der Waals surface area contributed by atoms with E-state index in [0.717, 1.165) is 16.0 Å². The number of anilines is 1. The lowest BCUT2D eigenvalue weighted by Crippen LogP contribution is -2.23. The van der Waals surface area contributed by atoms with E-state index in [9.17, 15) is 4.79 Å². The molecule has 1 amide bonds. The first-order valence-electron chi connectivity index (χ1n) is 10.1. The number of hydrogen-bond donors (Lipinski definition) is 2. The molecule has 3 aromatic heterocycles. The Bertz CT molecular complexity index is 1460. The number of benzene rings is 2. The molecular weight excluding hydrogens is 422 g/mol. The van der Waals surface area contributed by atoms with E-state index < -0.39 is 0 Å². The molecule has 2 aromatic carbocycles. The molecule has 0 spiro atoms. The van der Waals surface area contributed by atoms with E-state index in [0.29, 0.717) is 40.2 Å². The van der Waals surface area contributed by atoms with Crippen LogP contribution in [0.2, 0.25) is 0 Å². The molecule has 5 aromatic rings. The highest BCUT2D eigenvalue weighted by molar-refractivity contribution is 7.09. The van der Waals surface area contributed by atoms with Crippen LogP contribution in [0.25, 0.3) is 27.9 Å². The minimum Gasteiger partial charge on any atom is -0.495 e. The number of carbonyl (C=O) groups is 1. The smallest absolute Gasteiger partial charge is 0.257 e. The number of thiophene rings is 1. The summed E-state index contributed by atoms with van der Waals surface area (Å²) in [6.07, 6.45) is 0. The van der Waals surface area contributed by atoms with Crippen molar-refractivity contribution in [3.05, 3.63) is 76.0 Å². The molecule has 0 unspecified atom stereocenters. The largest absolute Gasteiger partial charge is 0.495 e. The summed E-state index contributed by atoms with van der Waals surface area (Å²) in [6, 6.07) is 17.3. The fraction of sp³-hybridized carbons (Fsp3) is 0.125. The fourth-order valence-electron chi connectivity index (χ4n) is 3.77. The van der Waals surface area contributed by atoms with Gasteiger partial charge in [0, 0.05) is 4.88 Å². The Kier molecular flexibility index (Phi) is 4.99. The maximum Gasteiger partial charge on any atom is 0.257 e. The molecule has 0 saturated carbocycles. The zero-order chi connectivity index (χ0) is 22.2. The summed E-state index contributed by atoms with van der Waals surface area (Å²) < 4.78 is 7.34. The average molecular weight is 444 g/mol. The molecule has 32 heavy (non-hydrogen) atoms. The molecule has 160 valence electrons. The molecule has 3 heterocycles. The van der Waals surface area contributed by atoms with Crippen LogP contribution in [0.5, 0.6) is 5.75 Å². The highest BCUT2D eigenvalue weighted by atomic mass is 32.1. The Morgan fingerprint density at radius 3 is 2.62 bits per heavy atom. The van der Waals surface area contributed by atoms with E-state index in [1.54, 1.807) is 23.0 Å². The summed E-state index contributed by atoms with van der Waals surface area (Å²) in [6.45, 7) is 2.40. The molecule has 0 fully saturated rings. The number of methoxy groups -OCH3 is 1. The van der Waals surface area contributed by atoms with Gasteiger partial charge in [0.2, 0.25) is 0 Å². The molecule has 5 rings (SSSR count). The topological polar surface area (TPSA) is 95.1 Å². The van der Waals surface area contributed by atoms with Crippen LogP contribution in [0, 0.1) is 6.92 Å². The molecule has 0 aliphatic heterocycles. The number of rotatable bonds is 5. The number of hydrogen-bond acceptors (Lipinski definition) is 6. The van der Waals surface area contributed by atoms with E-state index in [1.165, 1.54) is 0 Å². The van der Waals surface area contributed by atoms with Crippen LogP contribution >= 0.6 is 11.3 Å². The van der Waals surface area contributed by atoms with Crippen molar-refractivity contribution in [2.24, 2.45) is 0 Å². The van der Waals surface area contributed by atoms with Crippen molar-refractivity contribution in [3.63, 3.8) is 0 Å². The van der Waals surface area contributed by atoms with Crippen LogP contribution in [0.1, 0.15) is 20.8 Å². The van der Waals surface area contributed by atoms with Gasteiger partial charge in [0.15, 0.2) is 5.65 Å². The SMILES string of the molecule is COc1ccc(C)cc1-n1c(N)c(C(=O)NCc2cccs2)c2nc3ccccc3nc21. The third kappa shape index (κ3) is 3.34. The maximum absolute atomic E-state index is 13.3. The lowest BCUT2D eigenvalue weighted by molar-refractivity contribution is 0.0953. The quantitative estimate of drug-likeness (QED) is 0.418. The number of nitrogens with two attached hydrogens (primary N) is 1. The van der Waals surface area contributed by atoms with Crippen LogP contribution in [0.4, 0.5) is 5.82 Å². The van der Waals surface area contributed by atoms with Crippen molar-refractivity contribution in [3.8, 4) is 11.4 Å². The van der Waals surface area contributed by atoms with Gasteiger partial charge in [0.1, 0.15) is 22.6 Å². The second kappa shape index (κ2) is 7.97. The molecular formula is C24H21N5O2S. The van der Waals surface area contributed by atoms with Crippen molar-refractivity contribution >= 4 is 45.3 Å². The number of aromatic nitrogens is 3. The van der Waals surface area contributed by atoms with E-state index in [1.807, 2.05) is 66.9 Å². The highest BCUT2D eigenvalue weighted by Crippen LogP contribution is 2.35. The minimum absolute atomic E-state index is 0.267. The number of aryl methyl sites for hydroxylation is 1. The summed E-state index contributed by atoms with van der Waals surface area (Å²) in [5, 5.41) is 4.94. The Morgan fingerprint density at radius 1 is 1.12 bits per heavy atom. The second-order valence-electron chi connectivity index (χ2n) is 7.42. The van der Waals surface area contributed by atoms with E-state index >= 15 is 0 Å². The van der Waals surface area contributed by atoms with Crippen molar-refractivity contribution in [1.29, 1.82) is 0 Å². The molecule has 0 aliphatic carbocycles. The van der Waals surface area contributed by atoms with Crippen LogP contribution in [-0.4, -0.2) is 27.6 Å². The molecule has 7 nitrogen and oxygen atoms in total. The van der Waals surface area contributed by atoms with Crippen molar-refractivity contribution in [2.75, 3.05) is 12.8 Å². The van der Waals surface area contributed by atoms with Gasteiger partial charge < -0.3 is 15.8 Å². The predicted octanol–water partition coefficient (Wildman–Crippen LogP) is 4.46. The summed E-state index contributed by atoms with van der Waals surface area (Å²) >= 11 is 1.58. The van der Waals surface area contributed by atoms with Crippen LogP contribution in [-0.2, 0) is 6.54 Å². The number of para-hydroxylation sites is 2. The van der Waals surface area contributed by atoms with Crippen LogP contribution in [0.15, 0.2) is 60.0 Å². The van der Waals surface area contributed by atoms with Crippen molar-refractivity contribution < 1.29 is 9.53 Å². The Balaban J connectivity index is 1.75. The third-order valence-corrected chi connectivity index (χ3v) is 6.18. The molecule has 0 aliphatic rings. The highest BCUT2D eigenvalue weighted by Gasteiger charge is 2.26. The van der Waals surface area contributed by atoms with Gasteiger partial charge >= 0.3 is 0 Å². The molecule has 0 radical (unpaired) electrons. The number of fused-ring (bicyclic) bond motifs is 2. The van der Waals surface area contributed by atoms with Crippen LogP contribution < -0.4 is 15.8 Å². The van der Waals surface area contributed by atoms with E-state index in [-0.39, 0.29) is 11.7 Å². The number of nitrogens with one attached hydrogen (secondary N) is 1. The van der Waals surface area contributed by atoms with Gasteiger partial charge in [-0.3, -0.25) is 9.36 Å². The first kappa shape index (κ1) is 20.0. The van der Waals surface area contributed by atoms with Gasteiger partial charge in [-0.15, -0.1) is 11.3 Å². The number of ether oxygens (including phenoxy) is 1. The second-order valence-corrected chi connectivity index (χ2v) is 8.45. The predicted molar refractivity (Wildman–Crippen MR) is 128 cm³/mol. The standard InChI is InChI=1S/C24H21N5O2S/c1-14-9-10-19(31-2)18(12-14)29-22(25)20(24(30)26-13-15-6-5-11-32-15)21-23(29)28-17-8-4-3-7-16(17)27-21/h3-12H,13,25H2,1-2H3,(H,26,30). The zero-order valence-corrected chi connectivity index (χ0v) is 18.4. The monoisotopic (exact) mass is 443 g/mol. The normalized spacial score (nSPS) is 11.2. The molecule has 0 bridgehead atoms. The van der Waals surface area contributed by atoms with Crippen molar-refractivity contribution in [1.82, 2.24) is 19.9 Å². The number of carbonyl (C=O) groups excluding carboxylic acids is 1. The summed E-state index contributed by atoms with van der Waals surface area (Å²) in [5.41, 5.74) is 11.0. The molecule has 0 saturated heterocycles. The van der Waals surface area contributed by atoms with E-state index in [2.05, 4.69) is 5.32 Å². The zero-order valence-electron chi connectivity index (χ0n) is 17.6. The Morgan fingerprint density at radius 2 is 1.91 bits per heavy atom. The summed E-state index contributed by atoms with van der Waals surface area (Å²) in [7, 11) is 1.60. The maximum atomic E-state index is 13.3. The van der Waals surface area contributed by atoms with Crippen molar-refractivity contribution in [2.45, 2.75) is 13.5 Å². The molecule has 8 heteroatoms. The summed E-state index contributed by atoms with van der Waals surface area (Å²) in [4.78, 5) is 23.9. The average Bonchev–Trinajstić information content (AvgIpc) is 3.41. The van der Waals surface area contributed by atoms with E-state index in [4.69, 9.17) is 20.4 Å². The van der Waals surface area contributed by atoms with Gasteiger partial charge in [-0.1, -0.05) is 24.3 Å². The van der Waals surface area contributed by atoms with Gasteiger partial charge in [-0.05, 0) is 48.2 Å². The van der Waals surface area contributed by atoms with Crippen LogP contribution in [0.3, 0.4) is 0 Å². The van der Waals surface area contributed by atoms with Gasteiger partial charge in [-0.2, -0.15) is 0 Å². The Labute approximate surface area is 188 Å². The lowest BCUT2D eigenvalue weighted by atomic mass is 10.2. The van der Waals surface area contributed by atoms with Gasteiger partial charge in [0.25, 0.3) is 5.91 Å². The fourth-order valence-corrected chi connectivity index (χ4v) is 4.42. The first-order chi connectivity index (χ1) is 15.6. The minimum atomic E-state index is -0.296. The number of nitrogens with zero attached hydrogens (tertiary/aromatic N) is 3. The number of amides is 1. The number of nitrogen functional groups attached to an aromatic ring is 1. The van der Waals surface area contributed by atoms with Gasteiger partial charge in [0.05, 0.1) is 30.4 Å². The molecule has 0 atom stereocenters. The Hall–Kier alpha value is -3.91. The summed E-state index contributed by atoms with van der Waals surface area (Å²) in [5.74, 6) is 0.596. The third-order valence-electron chi connectivity index (χ3n) is 5.30. The van der Waals surface area contributed by atoms with Gasteiger partial charge in [-0.25, -0.2) is 9.97 Å².